The minimum atomic E-state index is 0.676. The van der Waals surface area contributed by atoms with E-state index in [0.717, 1.165) is 32.2 Å². The van der Waals surface area contributed by atoms with Crippen molar-refractivity contribution in [3.8, 4) is 5.75 Å². The second-order valence-electron chi connectivity index (χ2n) is 3.67. The van der Waals surface area contributed by atoms with Crippen molar-refractivity contribution in [2.75, 3.05) is 7.11 Å². The molecule has 0 aliphatic heterocycles. The molecule has 0 saturated carbocycles. The fraction of sp³-hybridized carbons (Fsp3) is 0.0769. The van der Waals surface area contributed by atoms with Crippen LogP contribution in [0.15, 0.2) is 39.2 Å². The molecule has 0 saturated heterocycles. The zero-order chi connectivity index (χ0) is 12.0. The third-order valence-corrected chi connectivity index (χ3v) is 3.84. The highest BCUT2D eigenvalue weighted by Gasteiger charge is 2.15. The zero-order valence-electron chi connectivity index (χ0n) is 8.96. The second kappa shape index (κ2) is 3.93. The number of fused-ring (bicyclic) bond motifs is 3. The summed E-state index contributed by atoms with van der Waals surface area (Å²) in [6, 6.07) is 9.38. The Kier molecular flexibility index (Phi) is 2.53. The first-order valence-corrected chi connectivity index (χ1v) is 6.22. The average molecular weight is 312 g/mol. The van der Waals surface area contributed by atoms with Gasteiger partial charge in [0.25, 0.3) is 0 Å². The molecule has 3 rings (SSSR count). The Balaban J connectivity index is 2.57. The van der Waals surface area contributed by atoms with E-state index in [1.165, 1.54) is 0 Å². The van der Waals surface area contributed by atoms with Crippen molar-refractivity contribution < 1.29 is 9.15 Å². The van der Waals surface area contributed by atoms with Crippen LogP contribution in [-0.4, -0.2) is 7.11 Å². The van der Waals surface area contributed by atoms with Crippen LogP contribution >= 0.6 is 27.5 Å². The van der Waals surface area contributed by atoms with Gasteiger partial charge in [-0.2, -0.15) is 0 Å². The highest BCUT2D eigenvalue weighted by atomic mass is 79.9. The minimum Gasteiger partial charge on any atom is -0.496 e. The molecule has 0 atom stereocenters. The standard InChI is InChI=1S/C13H8BrClO2/c1-16-10-6-5-9-12(13(10)14)11-7(15)3-2-4-8(11)17-9/h2-6H,1H3. The minimum absolute atomic E-state index is 0.676. The summed E-state index contributed by atoms with van der Waals surface area (Å²) in [4.78, 5) is 0. The summed E-state index contributed by atoms with van der Waals surface area (Å²) >= 11 is 9.76. The fourth-order valence-electron chi connectivity index (χ4n) is 1.97. The molecular weight excluding hydrogens is 303 g/mol. The van der Waals surface area contributed by atoms with E-state index >= 15 is 0 Å². The molecule has 0 spiro atoms. The number of rotatable bonds is 1. The summed E-state index contributed by atoms with van der Waals surface area (Å²) in [7, 11) is 1.63. The van der Waals surface area contributed by atoms with Gasteiger partial charge in [0.05, 0.1) is 16.6 Å². The van der Waals surface area contributed by atoms with Crippen molar-refractivity contribution in [3.05, 3.63) is 39.8 Å². The summed E-state index contributed by atoms with van der Waals surface area (Å²) < 4.78 is 11.9. The molecule has 0 radical (unpaired) electrons. The van der Waals surface area contributed by atoms with E-state index in [2.05, 4.69) is 15.9 Å². The van der Waals surface area contributed by atoms with E-state index in [4.69, 9.17) is 20.8 Å². The monoisotopic (exact) mass is 310 g/mol. The van der Waals surface area contributed by atoms with Crippen LogP contribution in [0, 0.1) is 0 Å². The Morgan fingerprint density at radius 2 is 1.88 bits per heavy atom. The van der Waals surface area contributed by atoms with Gasteiger partial charge < -0.3 is 9.15 Å². The van der Waals surface area contributed by atoms with Crippen molar-refractivity contribution in [2.24, 2.45) is 0 Å². The van der Waals surface area contributed by atoms with Gasteiger partial charge >= 0.3 is 0 Å². The van der Waals surface area contributed by atoms with Gasteiger partial charge in [-0.1, -0.05) is 17.7 Å². The normalized spacial score (nSPS) is 11.2. The lowest BCUT2D eigenvalue weighted by atomic mass is 10.1. The second-order valence-corrected chi connectivity index (χ2v) is 4.87. The van der Waals surface area contributed by atoms with Crippen molar-refractivity contribution in [1.29, 1.82) is 0 Å². The number of hydrogen-bond donors (Lipinski definition) is 0. The summed E-state index contributed by atoms with van der Waals surface area (Å²) in [5, 5.41) is 2.54. The molecule has 0 bridgehead atoms. The van der Waals surface area contributed by atoms with Gasteiger partial charge in [0.15, 0.2) is 0 Å². The Bertz CT molecular complexity index is 718. The highest BCUT2D eigenvalue weighted by Crippen LogP contribution is 2.41. The van der Waals surface area contributed by atoms with Gasteiger partial charge in [0, 0.05) is 10.8 Å². The van der Waals surface area contributed by atoms with E-state index < -0.39 is 0 Å². The summed E-state index contributed by atoms with van der Waals surface area (Å²) in [6.45, 7) is 0. The molecule has 4 heteroatoms. The number of ether oxygens (including phenoxy) is 1. The summed E-state index contributed by atoms with van der Waals surface area (Å²) in [6.07, 6.45) is 0. The third-order valence-electron chi connectivity index (χ3n) is 2.73. The fourth-order valence-corrected chi connectivity index (χ4v) is 2.91. The molecule has 0 fully saturated rings. The van der Waals surface area contributed by atoms with Gasteiger partial charge in [-0.25, -0.2) is 0 Å². The molecule has 0 unspecified atom stereocenters. The Hall–Kier alpha value is -1.19. The van der Waals surface area contributed by atoms with Crippen molar-refractivity contribution in [3.63, 3.8) is 0 Å². The largest absolute Gasteiger partial charge is 0.496 e. The van der Waals surface area contributed by atoms with E-state index in [-0.39, 0.29) is 0 Å². The van der Waals surface area contributed by atoms with E-state index in [9.17, 15) is 0 Å². The molecule has 0 aliphatic rings. The van der Waals surface area contributed by atoms with Crippen LogP contribution in [0.1, 0.15) is 0 Å². The van der Waals surface area contributed by atoms with Crippen molar-refractivity contribution >= 4 is 49.5 Å². The van der Waals surface area contributed by atoms with Crippen LogP contribution in [0.3, 0.4) is 0 Å². The summed E-state index contributed by atoms with van der Waals surface area (Å²) in [5.74, 6) is 0.764. The van der Waals surface area contributed by atoms with Crippen LogP contribution in [-0.2, 0) is 0 Å². The van der Waals surface area contributed by atoms with E-state index in [0.29, 0.717) is 5.02 Å². The first-order chi connectivity index (χ1) is 8.22. The van der Waals surface area contributed by atoms with Crippen LogP contribution in [0.4, 0.5) is 0 Å². The molecule has 2 nitrogen and oxygen atoms in total. The number of methoxy groups -OCH3 is 1. The molecule has 3 aromatic rings. The van der Waals surface area contributed by atoms with Gasteiger partial charge in [0.2, 0.25) is 0 Å². The zero-order valence-corrected chi connectivity index (χ0v) is 11.3. The maximum absolute atomic E-state index is 6.22. The molecule has 86 valence electrons. The van der Waals surface area contributed by atoms with E-state index in [1.807, 2.05) is 30.3 Å². The molecular formula is C13H8BrClO2. The smallest absolute Gasteiger partial charge is 0.136 e. The predicted octanol–water partition coefficient (Wildman–Crippen LogP) is 5.01. The number of halogens is 2. The number of furan rings is 1. The van der Waals surface area contributed by atoms with Gasteiger partial charge in [-0.3, -0.25) is 0 Å². The lowest BCUT2D eigenvalue weighted by molar-refractivity contribution is 0.413. The lowest BCUT2D eigenvalue weighted by Gasteiger charge is -2.03. The van der Waals surface area contributed by atoms with Crippen LogP contribution in [0.5, 0.6) is 5.75 Å². The molecule has 0 aliphatic carbocycles. The molecule has 2 aromatic carbocycles. The summed E-state index contributed by atoms with van der Waals surface area (Å²) in [5.41, 5.74) is 1.57. The Morgan fingerprint density at radius 3 is 2.65 bits per heavy atom. The van der Waals surface area contributed by atoms with Gasteiger partial charge in [-0.05, 0) is 40.2 Å². The molecule has 1 heterocycles. The Morgan fingerprint density at radius 1 is 1.12 bits per heavy atom. The quantitative estimate of drug-likeness (QED) is 0.630. The average Bonchev–Trinajstić information content (AvgIpc) is 2.70. The van der Waals surface area contributed by atoms with Crippen LogP contribution in [0.25, 0.3) is 21.9 Å². The first-order valence-electron chi connectivity index (χ1n) is 5.05. The van der Waals surface area contributed by atoms with E-state index in [1.54, 1.807) is 7.11 Å². The van der Waals surface area contributed by atoms with Crippen LogP contribution in [0.2, 0.25) is 5.02 Å². The topological polar surface area (TPSA) is 22.4 Å². The van der Waals surface area contributed by atoms with Crippen molar-refractivity contribution in [2.45, 2.75) is 0 Å². The lowest BCUT2D eigenvalue weighted by Crippen LogP contribution is -1.83. The van der Waals surface area contributed by atoms with Gasteiger partial charge in [0.1, 0.15) is 16.9 Å². The molecule has 17 heavy (non-hydrogen) atoms. The predicted molar refractivity (Wildman–Crippen MR) is 73.0 cm³/mol. The highest BCUT2D eigenvalue weighted by molar-refractivity contribution is 9.10. The first kappa shape index (κ1) is 10.9. The maximum atomic E-state index is 6.22. The SMILES string of the molecule is COc1ccc2oc3cccc(Cl)c3c2c1Br. The third kappa shape index (κ3) is 1.53. The molecule has 1 aromatic heterocycles. The van der Waals surface area contributed by atoms with Gasteiger partial charge in [-0.15, -0.1) is 0 Å². The Labute approximate surface area is 111 Å². The maximum Gasteiger partial charge on any atom is 0.136 e. The molecule has 0 N–H and O–H groups in total. The van der Waals surface area contributed by atoms with Crippen molar-refractivity contribution in [1.82, 2.24) is 0 Å². The number of hydrogen-bond acceptors (Lipinski definition) is 2. The number of benzene rings is 2. The van der Waals surface area contributed by atoms with Crippen LogP contribution < -0.4 is 4.74 Å². The molecule has 0 amide bonds.